The Balaban J connectivity index is 2.19. The number of nitro groups is 1. The summed E-state index contributed by atoms with van der Waals surface area (Å²) in [5.74, 6) is -1.49. The number of carbonyl (C=O) groups is 1. The molecule has 0 aliphatic rings. The SMILES string of the molecule is O=C(Cn1cc(Br)ccc1=O)Nc1cc([N+](=O)[O-])ccc1F. The predicted octanol–water partition coefficient (Wildman–Crippen LogP) is 2.30. The number of amides is 1. The molecule has 1 amide bonds. The van der Waals surface area contributed by atoms with Gasteiger partial charge in [-0.2, -0.15) is 0 Å². The summed E-state index contributed by atoms with van der Waals surface area (Å²) in [5, 5.41) is 12.9. The molecule has 0 saturated carbocycles. The molecule has 1 heterocycles. The Labute approximate surface area is 131 Å². The van der Waals surface area contributed by atoms with E-state index in [2.05, 4.69) is 21.2 Å². The molecule has 0 radical (unpaired) electrons. The first-order valence-corrected chi connectivity index (χ1v) is 6.76. The number of aromatic nitrogens is 1. The molecular weight excluding hydrogens is 361 g/mol. The van der Waals surface area contributed by atoms with Crippen LogP contribution in [0.5, 0.6) is 0 Å². The molecule has 1 aromatic carbocycles. The van der Waals surface area contributed by atoms with Gasteiger partial charge in [0.25, 0.3) is 11.2 Å². The van der Waals surface area contributed by atoms with Gasteiger partial charge < -0.3 is 9.88 Å². The minimum absolute atomic E-state index is 0.317. The van der Waals surface area contributed by atoms with Gasteiger partial charge in [0.05, 0.1) is 10.6 Å². The molecule has 22 heavy (non-hydrogen) atoms. The van der Waals surface area contributed by atoms with Crippen LogP contribution in [-0.4, -0.2) is 15.4 Å². The van der Waals surface area contributed by atoms with Gasteiger partial charge in [-0.1, -0.05) is 0 Å². The molecule has 0 atom stereocenters. The topological polar surface area (TPSA) is 94.2 Å². The van der Waals surface area contributed by atoms with Gasteiger partial charge in [0.2, 0.25) is 5.91 Å². The Kier molecular flexibility index (Phi) is 4.66. The van der Waals surface area contributed by atoms with Crippen LogP contribution in [0.25, 0.3) is 0 Å². The molecular formula is C13H9BrFN3O4. The van der Waals surface area contributed by atoms with Gasteiger partial charge in [-0.05, 0) is 28.1 Å². The van der Waals surface area contributed by atoms with Gasteiger partial charge in [0.15, 0.2) is 0 Å². The summed E-state index contributed by atoms with van der Waals surface area (Å²) in [4.78, 5) is 33.4. The van der Waals surface area contributed by atoms with Gasteiger partial charge in [-0.25, -0.2) is 4.39 Å². The lowest BCUT2D eigenvalue weighted by molar-refractivity contribution is -0.384. The molecule has 0 spiro atoms. The highest BCUT2D eigenvalue weighted by molar-refractivity contribution is 9.10. The van der Waals surface area contributed by atoms with Crippen molar-refractivity contribution >= 4 is 33.2 Å². The van der Waals surface area contributed by atoms with E-state index >= 15 is 0 Å². The molecule has 1 aromatic heterocycles. The second kappa shape index (κ2) is 6.48. The Bertz CT molecular complexity index is 806. The zero-order valence-corrected chi connectivity index (χ0v) is 12.5. The maximum absolute atomic E-state index is 13.6. The molecule has 0 aliphatic heterocycles. The molecule has 0 unspecified atom stereocenters. The lowest BCUT2D eigenvalue weighted by Crippen LogP contribution is -2.27. The highest BCUT2D eigenvalue weighted by atomic mass is 79.9. The van der Waals surface area contributed by atoms with Crippen molar-refractivity contribution in [2.24, 2.45) is 0 Å². The number of nitro benzene ring substituents is 1. The predicted molar refractivity (Wildman–Crippen MR) is 80.1 cm³/mol. The largest absolute Gasteiger partial charge is 0.322 e. The molecule has 7 nitrogen and oxygen atoms in total. The third kappa shape index (κ3) is 3.76. The number of anilines is 1. The van der Waals surface area contributed by atoms with Crippen molar-refractivity contribution in [1.29, 1.82) is 0 Å². The van der Waals surface area contributed by atoms with Crippen LogP contribution in [0, 0.1) is 15.9 Å². The van der Waals surface area contributed by atoms with Gasteiger partial charge in [0, 0.05) is 28.9 Å². The highest BCUT2D eigenvalue weighted by Gasteiger charge is 2.13. The van der Waals surface area contributed by atoms with E-state index in [1.165, 1.54) is 18.3 Å². The second-order valence-corrected chi connectivity index (χ2v) is 5.20. The van der Waals surface area contributed by atoms with Crippen molar-refractivity contribution in [2.75, 3.05) is 5.32 Å². The minimum Gasteiger partial charge on any atom is -0.322 e. The zero-order chi connectivity index (χ0) is 16.3. The van der Waals surface area contributed by atoms with Crippen LogP contribution >= 0.6 is 15.9 Å². The number of benzene rings is 1. The summed E-state index contributed by atoms with van der Waals surface area (Å²) < 4.78 is 15.3. The number of hydrogen-bond acceptors (Lipinski definition) is 4. The monoisotopic (exact) mass is 369 g/mol. The summed E-state index contributed by atoms with van der Waals surface area (Å²) in [7, 11) is 0. The summed E-state index contributed by atoms with van der Waals surface area (Å²) in [5.41, 5.74) is -1.07. The van der Waals surface area contributed by atoms with Crippen molar-refractivity contribution in [3.05, 3.63) is 67.3 Å². The zero-order valence-electron chi connectivity index (χ0n) is 11.0. The van der Waals surface area contributed by atoms with E-state index < -0.39 is 22.2 Å². The quantitative estimate of drug-likeness (QED) is 0.660. The molecule has 2 rings (SSSR count). The number of rotatable bonds is 4. The lowest BCUT2D eigenvalue weighted by Gasteiger charge is -2.08. The van der Waals surface area contributed by atoms with E-state index in [4.69, 9.17) is 0 Å². The van der Waals surface area contributed by atoms with Crippen molar-refractivity contribution < 1.29 is 14.1 Å². The van der Waals surface area contributed by atoms with E-state index in [1.807, 2.05) is 0 Å². The van der Waals surface area contributed by atoms with Crippen molar-refractivity contribution in [3.63, 3.8) is 0 Å². The molecule has 0 aliphatic carbocycles. The van der Waals surface area contributed by atoms with Gasteiger partial charge in [-0.3, -0.25) is 19.7 Å². The Morgan fingerprint density at radius 3 is 2.77 bits per heavy atom. The van der Waals surface area contributed by atoms with E-state index in [1.54, 1.807) is 0 Å². The fraction of sp³-hybridized carbons (Fsp3) is 0.0769. The smallest absolute Gasteiger partial charge is 0.271 e. The Morgan fingerprint density at radius 1 is 1.36 bits per heavy atom. The number of pyridine rings is 1. The average Bonchev–Trinajstić information content (AvgIpc) is 2.45. The summed E-state index contributed by atoms with van der Waals surface area (Å²) >= 11 is 3.16. The van der Waals surface area contributed by atoms with Crippen LogP contribution in [0.15, 0.2) is 45.8 Å². The van der Waals surface area contributed by atoms with Crippen molar-refractivity contribution in [2.45, 2.75) is 6.54 Å². The first-order valence-electron chi connectivity index (χ1n) is 5.96. The third-order valence-corrected chi connectivity index (χ3v) is 3.17. The summed E-state index contributed by atoms with van der Waals surface area (Å²) in [6.45, 7) is -0.347. The van der Waals surface area contributed by atoms with Crippen molar-refractivity contribution in [3.8, 4) is 0 Å². The standard InChI is InChI=1S/C13H9BrFN3O4/c14-8-1-4-13(20)17(6-8)7-12(19)16-11-5-9(18(21)22)2-3-10(11)15/h1-6H,7H2,(H,16,19). The van der Waals surface area contributed by atoms with Gasteiger partial charge in [-0.15, -0.1) is 0 Å². The Morgan fingerprint density at radius 2 is 2.09 bits per heavy atom. The Hall–Kier alpha value is -2.55. The maximum atomic E-state index is 13.6. The van der Waals surface area contributed by atoms with Crippen LogP contribution < -0.4 is 10.9 Å². The molecule has 9 heteroatoms. The van der Waals surface area contributed by atoms with E-state index in [0.717, 1.165) is 22.8 Å². The second-order valence-electron chi connectivity index (χ2n) is 4.28. The van der Waals surface area contributed by atoms with Gasteiger partial charge in [0.1, 0.15) is 12.4 Å². The fourth-order valence-electron chi connectivity index (χ4n) is 1.69. The molecule has 0 saturated heterocycles. The number of halogens is 2. The van der Waals surface area contributed by atoms with Crippen LogP contribution in [0.1, 0.15) is 0 Å². The van der Waals surface area contributed by atoms with Crippen molar-refractivity contribution in [1.82, 2.24) is 4.57 Å². The molecule has 114 valence electrons. The number of non-ortho nitro benzene ring substituents is 1. The van der Waals surface area contributed by atoms with E-state index in [0.29, 0.717) is 4.47 Å². The lowest BCUT2D eigenvalue weighted by atomic mass is 10.2. The maximum Gasteiger partial charge on any atom is 0.271 e. The normalized spacial score (nSPS) is 10.3. The summed E-state index contributed by atoms with van der Waals surface area (Å²) in [6.07, 6.45) is 1.41. The van der Waals surface area contributed by atoms with Crippen LogP contribution in [-0.2, 0) is 11.3 Å². The molecule has 2 aromatic rings. The highest BCUT2D eigenvalue weighted by Crippen LogP contribution is 2.21. The first-order chi connectivity index (χ1) is 10.4. The van der Waals surface area contributed by atoms with E-state index in [9.17, 15) is 24.1 Å². The van der Waals surface area contributed by atoms with Crippen LogP contribution in [0.3, 0.4) is 0 Å². The molecule has 0 bridgehead atoms. The third-order valence-electron chi connectivity index (χ3n) is 2.70. The molecule has 0 fully saturated rings. The number of nitrogens with one attached hydrogen (secondary N) is 1. The van der Waals surface area contributed by atoms with Gasteiger partial charge >= 0.3 is 0 Å². The van der Waals surface area contributed by atoms with E-state index in [-0.39, 0.29) is 17.9 Å². The first kappa shape index (κ1) is 15.8. The molecule has 1 N–H and O–H groups in total. The minimum atomic E-state index is -0.805. The summed E-state index contributed by atoms with van der Waals surface area (Å²) in [6, 6.07) is 5.59. The fourth-order valence-corrected chi connectivity index (χ4v) is 2.07. The number of carbonyl (C=O) groups excluding carboxylic acids is 1. The average molecular weight is 370 g/mol. The van der Waals surface area contributed by atoms with Crippen LogP contribution in [0.4, 0.5) is 15.8 Å². The number of hydrogen-bond donors (Lipinski definition) is 1. The van der Waals surface area contributed by atoms with Crippen LogP contribution in [0.2, 0.25) is 0 Å². The number of nitrogens with zero attached hydrogens (tertiary/aromatic N) is 2.